The lowest BCUT2D eigenvalue weighted by atomic mass is 10.1. The van der Waals surface area contributed by atoms with E-state index in [1.165, 1.54) is 23.9 Å². The van der Waals surface area contributed by atoms with Crippen LogP contribution in [-0.4, -0.2) is 28.6 Å². The van der Waals surface area contributed by atoms with Gasteiger partial charge in [0.1, 0.15) is 5.75 Å². The molecule has 0 aromatic heterocycles. The van der Waals surface area contributed by atoms with Gasteiger partial charge < -0.3 is 4.74 Å². The zero-order chi connectivity index (χ0) is 20.7. The SMILES string of the molecule is Cc1cccc(O[C@@H](C)C(=O)NNC(=O)CSc2ccc([N+](=O)[O-])cc2)c1C. The summed E-state index contributed by atoms with van der Waals surface area (Å²) in [4.78, 5) is 34.8. The highest BCUT2D eigenvalue weighted by atomic mass is 32.2. The molecule has 1 atom stereocenters. The second-order valence-electron chi connectivity index (χ2n) is 6.04. The number of nitrogens with one attached hydrogen (secondary N) is 2. The maximum Gasteiger partial charge on any atom is 0.279 e. The largest absolute Gasteiger partial charge is 0.481 e. The van der Waals surface area contributed by atoms with E-state index in [4.69, 9.17) is 4.74 Å². The number of nitrogens with zero attached hydrogens (tertiary/aromatic N) is 1. The molecule has 2 amide bonds. The number of amides is 2. The second-order valence-corrected chi connectivity index (χ2v) is 7.08. The van der Waals surface area contributed by atoms with Crippen molar-refractivity contribution in [1.82, 2.24) is 10.9 Å². The molecule has 0 aliphatic carbocycles. The van der Waals surface area contributed by atoms with Crippen LogP contribution in [0.5, 0.6) is 5.75 Å². The first kappa shape index (κ1) is 21.2. The average molecular weight is 403 g/mol. The average Bonchev–Trinajstić information content (AvgIpc) is 2.68. The number of benzene rings is 2. The van der Waals surface area contributed by atoms with Gasteiger partial charge in [0.2, 0.25) is 5.91 Å². The minimum absolute atomic E-state index is 0.0149. The lowest BCUT2D eigenvalue weighted by Crippen LogP contribution is -2.47. The molecule has 0 heterocycles. The number of ether oxygens (including phenoxy) is 1. The summed E-state index contributed by atoms with van der Waals surface area (Å²) in [6.45, 7) is 5.46. The molecular formula is C19H21N3O5S. The van der Waals surface area contributed by atoms with Gasteiger partial charge >= 0.3 is 0 Å². The normalized spacial score (nSPS) is 11.4. The van der Waals surface area contributed by atoms with Gasteiger partial charge in [0.25, 0.3) is 11.6 Å². The number of hydrogen-bond donors (Lipinski definition) is 2. The molecule has 0 radical (unpaired) electrons. The maximum atomic E-state index is 12.1. The van der Waals surface area contributed by atoms with Gasteiger partial charge in [-0.05, 0) is 50.1 Å². The van der Waals surface area contributed by atoms with Crippen LogP contribution in [0.3, 0.4) is 0 Å². The van der Waals surface area contributed by atoms with E-state index < -0.39 is 22.8 Å². The molecule has 0 fully saturated rings. The van der Waals surface area contributed by atoms with Gasteiger partial charge in [-0.25, -0.2) is 0 Å². The van der Waals surface area contributed by atoms with Gasteiger partial charge in [-0.1, -0.05) is 12.1 Å². The van der Waals surface area contributed by atoms with Crippen molar-refractivity contribution in [3.8, 4) is 5.75 Å². The van der Waals surface area contributed by atoms with Gasteiger partial charge in [0, 0.05) is 17.0 Å². The maximum absolute atomic E-state index is 12.1. The summed E-state index contributed by atoms with van der Waals surface area (Å²) in [5.41, 5.74) is 6.65. The van der Waals surface area contributed by atoms with E-state index in [2.05, 4.69) is 10.9 Å². The smallest absolute Gasteiger partial charge is 0.279 e. The van der Waals surface area contributed by atoms with Crippen molar-refractivity contribution in [1.29, 1.82) is 0 Å². The Bertz CT molecular complexity index is 870. The van der Waals surface area contributed by atoms with E-state index in [9.17, 15) is 19.7 Å². The van der Waals surface area contributed by atoms with E-state index in [-0.39, 0.29) is 11.4 Å². The van der Waals surface area contributed by atoms with Crippen LogP contribution in [0.25, 0.3) is 0 Å². The van der Waals surface area contributed by atoms with Crippen molar-refractivity contribution in [3.63, 3.8) is 0 Å². The molecule has 2 aromatic rings. The molecule has 0 spiro atoms. The van der Waals surface area contributed by atoms with Gasteiger partial charge in [-0.3, -0.25) is 30.6 Å². The lowest BCUT2D eigenvalue weighted by Gasteiger charge is -2.17. The molecule has 0 saturated carbocycles. The molecule has 28 heavy (non-hydrogen) atoms. The molecule has 2 N–H and O–H groups in total. The van der Waals surface area contributed by atoms with Crippen LogP contribution < -0.4 is 15.6 Å². The van der Waals surface area contributed by atoms with Gasteiger partial charge in [0.15, 0.2) is 6.10 Å². The number of rotatable bonds is 7. The number of non-ortho nitro benzene ring substituents is 1. The standard InChI is InChI=1S/C19H21N3O5S/c1-12-5-4-6-17(13(12)2)27-14(3)19(24)21-20-18(23)11-28-16-9-7-15(8-10-16)22(25)26/h4-10,14H,11H2,1-3H3,(H,20,23)(H,21,24)/t14-/m0/s1. The minimum atomic E-state index is -0.789. The summed E-state index contributed by atoms with van der Waals surface area (Å²) in [5.74, 6) is -0.224. The molecule has 0 unspecified atom stereocenters. The van der Waals surface area contributed by atoms with Crippen LogP contribution in [0.1, 0.15) is 18.1 Å². The Morgan fingerprint density at radius 2 is 1.82 bits per heavy atom. The number of carbonyl (C=O) groups excluding carboxylic acids is 2. The van der Waals surface area contributed by atoms with Crippen LogP contribution >= 0.6 is 11.8 Å². The zero-order valence-electron chi connectivity index (χ0n) is 15.7. The summed E-state index contributed by atoms with van der Waals surface area (Å²) in [6.07, 6.45) is -0.789. The van der Waals surface area contributed by atoms with E-state index in [1.807, 2.05) is 26.0 Å². The fourth-order valence-electron chi connectivity index (χ4n) is 2.18. The molecule has 0 aliphatic rings. The van der Waals surface area contributed by atoms with Gasteiger partial charge in [0.05, 0.1) is 10.7 Å². The van der Waals surface area contributed by atoms with Crippen molar-refractivity contribution in [3.05, 3.63) is 63.7 Å². The molecule has 2 aromatic carbocycles. The molecule has 9 heteroatoms. The highest BCUT2D eigenvalue weighted by molar-refractivity contribution is 8.00. The summed E-state index contributed by atoms with van der Waals surface area (Å²) in [7, 11) is 0. The fourth-order valence-corrected chi connectivity index (χ4v) is 2.88. The fraction of sp³-hybridized carbons (Fsp3) is 0.263. The summed E-state index contributed by atoms with van der Waals surface area (Å²) in [6, 6.07) is 11.5. The number of nitro groups is 1. The Morgan fingerprint density at radius 1 is 1.14 bits per heavy atom. The summed E-state index contributed by atoms with van der Waals surface area (Å²) >= 11 is 1.20. The number of hydrogen-bond acceptors (Lipinski definition) is 6. The molecular weight excluding hydrogens is 382 g/mol. The molecule has 0 aliphatic heterocycles. The monoisotopic (exact) mass is 403 g/mol. The molecule has 148 valence electrons. The van der Waals surface area contributed by atoms with Crippen LogP contribution in [0.2, 0.25) is 0 Å². The third kappa shape index (κ3) is 5.98. The van der Waals surface area contributed by atoms with Crippen molar-refractivity contribution >= 4 is 29.3 Å². The summed E-state index contributed by atoms with van der Waals surface area (Å²) < 4.78 is 5.66. The predicted octanol–water partition coefficient (Wildman–Crippen LogP) is 2.92. The van der Waals surface area contributed by atoms with E-state index in [0.717, 1.165) is 11.1 Å². The number of thioether (sulfide) groups is 1. The Kier molecular flexibility index (Phi) is 7.39. The lowest BCUT2D eigenvalue weighted by molar-refractivity contribution is -0.384. The van der Waals surface area contributed by atoms with Gasteiger partial charge in [-0.2, -0.15) is 0 Å². The van der Waals surface area contributed by atoms with Crippen LogP contribution in [0, 0.1) is 24.0 Å². The van der Waals surface area contributed by atoms with Crippen molar-refractivity contribution in [2.75, 3.05) is 5.75 Å². The highest BCUT2D eigenvalue weighted by Gasteiger charge is 2.17. The first-order valence-corrected chi connectivity index (χ1v) is 9.45. The van der Waals surface area contributed by atoms with E-state index in [1.54, 1.807) is 25.1 Å². The zero-order valence-corrected chi connectivity index (χ0v) is 16.5. The Balaban J connectivity index is 1.77. The molecule has 0 saturated heterocycles. The number of aryl methyl sites for hydroxylation is 1. The Morgan fingerprint density at radius 3 is 2.46 bits per heavy atom. The van der Waals surface area contributed by atoms with Crippen LogP contribution in [0.15, 0.2) is 47.4 Å². The number of carbonyl (C=O) groups is 2. The Hall–Kier alpha value is -3.07. The van der Waals surface area contributed by atoms with Crippen molar-refractivity contribution in [2.45, 2.75) is 31.8 Å². The van der Waals surface area contributed by atoms with E-state index >= 15 is 0 Å². The number of hydrazine groups is 1. The predicted molar refractivity (Wildman–Crippen MR) is 106 cm³/mol. The highest BCUT2D eigenvalue weighted by Crippen LogP contribution is 2.22. The first-order valence-electron chi connectivity index (χ1n) is 8.46. The third-order valence-corrected chi connectivity index (χ3v) is 4.98. The second kappa shape index (κ2) is 9.75. The van der Waals surface area contributed by atoms with Crippen molar-refractivity contribution < 1.29 is 19.2 Å². The Labute approximate surface area is 166 Å². The molecule has 2 rings (SSSR count). The first-order chi connectivity index (χ1) is 13.3. The minimum Gasteiger partial charge on any atom is -0.481 e. The molecule has 0 bridgehead atoms. The summed E-state index contributed by atoms with van der Waals surface area (Å²) in [5, 5.41) is 10.6. The van der Waals surface area contributed by atoms with Gasteiger partial charge in [-0.15, -0.1) is 11.8 Å². The van der Waals surface area contributed by atoms with Crippen LogP contribution in [-0.2, 0) is 9.59 Å². The number of nitro benzene ring substituents is 1. The van der Waals surface area contributed by atoms with Crippen molar-refractivity contribution in [2.24, 2.45) is 0 Å². The third-order valence-electron chi connectivity index (χ3n) is 3.97. The van der Waals surface area contributed by atoms with Crippen LogP contribution in [0.4, 0.5) is 5.69 Å². The quantitative estimate of drug-likeness (QED) is 0.418. The molecule has 8 nitrogen and oxygen atoms in total. The topological polar surface area (TPSA) is 111 Å². The van der Waals surface area contributed by atoms with E-state index in [0.29, 0.717) is 10.6 Å².